The minimum Gasteiger partial charge on any atom is -0.505 e. The van der Waals surface area contributed by atoms with E-state index in [-0.39, 0.29) is 18.0 Å². The van der Waals surface area contributed by atoms with Crippen LogP contribution in [0.2, 0.25) is 5.02 Å². The predicted molar refractivity (Wildman–Crippen MR) is 142 cm³/mol. The van der Waals surface area contributed by atoms with E-state index >= 15 is 0 Å². The third-order valence-corrected chi connectivity index (χ3v) is 6.52. The van der Waals surface area contributed by atoms with E-state index in [0.29, 0.717) is 34.2 Å². The smallest absolute Gasteiger partial charge is 0.319 e. The van der Waals surface area contributed by atoms with Gasteiger partial charge < -0.3 is 30.2 Å². The molecule has 1 heterocycles. The number of aromatic nitrogens is 1. The molecule has 0 saturated carbocycles. The third-order valence-electron chi connectivity index (χ3n) is 6.16. The highest BCUT2D eigenvalue weighted by molar-refractivity contribution is 6.31. The molecule has 10 heteroatoms. The molecule has 1 atom stereocenters. The van der Waals surface area contributed by atoms with E-state index in [9.17, 15) is 24.6 Å². The van der Waals surface area contributed by atoms with Crippen LogP contribution in [0.5, 0.6) is 11.5 Å². The van der Waals surface area contributed by atoms with Gasteiger partial charge >= 0.3 is 12.0 Å². The Kier molecular flexibility index (Phi) is 8.83. The molecule has 4 N–H and O–H groups in total. The Morgan fingerprint density at radius 1 is 1.14 bits per heavy atom. The fraction of sp³-hybridized carbons (Fsp3) is 0.296. The Hall–Kier alpha value is -3.98. The topological polar surface area (TPSA) is 130 Å². The number of aromatic hydroxyl groups is 1. The third kappa shape index (κ3) is 6.42. The molecule has 0 aliphatic heterocycles. The van der Waals surface area contributed by atoms with Crippen LogP contribution < -0.4 is 20.9 Å². The Balaban J connectivity index is 1.93. The van der Waals surface area contributed by atoms with Gasteiger partial charge in [0.05, 0.1) is 25.6 Å². The van der Waals surface area contributed by atoms with E-state index in [4.69, 9.17) is 16.3 Å². The number of rotatable bonds is 9. The first kappa shape index (κ1) is 27.6. The molecule has 3 rings (SSSR count). The number of benzene rings is 2. The number of carboxylic acids is 1. The lowest BCUT2D eigenvalue weighted by atomic mass is 10.0. The van der Waals surface area contributed by atoms with Crippen LogP contribution in [0.4, 0.5) is 10.5 Å². The maximum atomic E-state index is 13.4. The second-order valence-electron chi connectivity index (χ2n) is 8.62. The quantitative estimate of drug-likeness (QED) is 0.312. The molecular formula is C27H30ClN3O6. The van der Waals surface area contributed by atoms with Crippen molar-refractivity contribution in [1.29, 1.82) is 0 Å². The molecule has 0 unspecified atom stereocenters. The number of aryl methyl sites for hydroxylation is 1. The highest BCUT2D eigenvalue weighted by Crippen LogP contribution is 2.28. The lowest BCUT2D eigenvalue weighted by molar-refractivity contribution is -0.137. The van der Waals surface area contributed by atoms with Crippen molar-refractivity contribution in [3.63, 3.8) is 0 Å². The van der Waals surface area contributed by atoms with Gasteiger partial charge in [-0.15, -0.1) is 0 Å². The highest BCUT2D eigenvalue weighted by Gasteiger charge is 2.23. The van der Waals surface area contributed by atoms with Crippen LogP contribution >= 0.6 is 11.6 Å². The minimum atomic E-state index is -1.13. The highest BCUT2D eigenvalue weighted by atomic mass is 35.5. The van der Waals surface area contributed by atoms with Gasteiger partial charge in [-0.2, -0.15) is 0 Å². The summed E-state index contributed by atoms with van der Waals surface area (Å²) < 4.78 is 6.90. The maximum Gasteiger partial charge on any atom is 0.319 e. The first-order chi connectivity index (χ1) is 17.5. The number of halogens is 1. The van der Waals surface area contributed by atoms with Gasteiger partial charge in [-0.3, -0.25) is 9.59 Å². The second-order valence-corrected chi connectivity index (χ2v) is 9.02. The summed E-state index contributed by atoms with van der Waals surface area (Å²) in [5.74, 6) is -0.960. The molecule has 0 fully saturated rings. The molecule has 1 aromatic heterocycles. The molecule has 37 heavy (non-hydrogen) atoms. The Bertz CT molecular complexity index is 1370. The molecule has 2 amide bonds. The molecular weight excluding hydrogens is 498 g/mol. The molecule has 0 bridgehead atoms. The summed E-state index contributed by atoms with van der Waals surface area (Å²) in [6.45, 7) is 7.59. The fourth-order valence-electron chi connectivity index (χ4n) is 4.00. The SMILES string of the molecule is CCOc1cccc([C@H](CC(=O)O)NC(=O)Nc2c(O)c(C)c(C)n(Cc3c(C)cccc3Cl)c2=O)c1. The standard InChI is InChI=1S/C27H30ClN3O6/c1-5-37-19-10-7-9-18(12-19)22(13-23(32)33)29-27(36)30-24-25(34)16(3)17(4)31(26(24)35)14-20-15(2)8-6-11-21(20)28/h6-12,22,34H,5,13-14H2,1-4H3,(H,32,33)(H2,29,30,36)/t22-/m0/s1. The van der Waals surface area contributed by atoms with Gasteiger partial charge in [0.15, 0.2) is 5.69 Å². The van der Waals surface area contributed by atoms with Gasteiger partial charge in [-0.05, 0) is 62.6 Å². The van der Waals surface area contributed by atoms with Crippen LogP contribution in [0.3, 0.4) is 0 Å². The average molecular weight is 528 g/mol. The first-order valence-corrected chi connectivity index (χ1v) is 12.1. The fourth-order valence-corrected chi connectivity index (χ4v) is 4.28. The average Bonchev–Trinajstić information content (AvgIpc) is 2.84. The van der Waals surface area contributed by atoms with Gasteiger partial charge in [0, 0.05) is 16.3 Å². The Morgan fingerprint density at radius 2 is 1.84 bits per heavy atom. The van der Waals surface area contributed by atoms with Crippen LogP contribution in [0.25, 0.3) is 0 Å². The van der Waals surface area contributed by atoms with Crippen molar-refractivity contribution < 1.29 is 24.5 Å². The predicted octanol–water partition coefficient (Wildman–Crippen LogP) is 4.92. The minimum absolute atomic E-state index is 0.138. The van der Waals surface area contributed by atoms with Crippen LogP contribution in [0.15, 0.2) is 47.3 Å². The molecule has 2 aromatic carbocycles. The summed E-state index contributed by atoms with van der Waals surface area (Å²) >= 11 is 6.37. The van der Waals surface area contributed by atoms with E-state index in [1.54, 1.807) is 44.2 Å². The van der Waals surface area contributed by atoms with E-state index < -0.39 is 30.0 Å². The molecule has 0 aliphatic rings. The zero-order valence-corrected chi connectivity index (χ0v) is 21.8. The van der Waals surface area contributed by atoms with Crippen molar-refractivity contribution >= 4 is 29.3 Å². The lowest BCUT2D eigenvalue weighted by Gasteiger charge is -2.21. The number of carbonyl (C=O) groups excluding carboxylic acids is 1. The Labute approximate surface area is 219 Å². The number of pyridine rings is 1. The van der Waals surface area contributed by atoms with Crippen molar-refractivity contribution in [2.45, 2.75) is 46.7 Å². The number of carbonyl (C=O) groups is 2. The van der Waals surface area contributed by atoms with E-state index in [1.165, 1.54) is 4.57 Å². The summed E-state index contributed by atoms with van der Waals surface area (Å²) in [4.78, 5) is 37.8. The number of anilines is 1. The van der Waals surface area contributed by atoms with Gasteiger partial charge in [-0.25, -0.2) is 4.79 Å². The number of ether oxygens (including phenoxy) is 1. The normalized spacial score (nSPS) is 11.6. The molecule has 0 spiro atoms. The van der Waals surface area contributed by atoms with Gasteiger partial charge in [0.2, 0.25) is 0 Å². The number of hydrogen-bond donors (Lipinski definition) is 4. The number of hydrogen-bond acceptors (Lipinski definition) is 5. The number of amides is 2. The number of carboxylic acid groups (broad SMARTS) is 1. The summed E-state index contributed by atoms with van der Waals surface area (Å²) in [6.07, 6.45) is -0.405. The maximum absolute atomic E-state index is 13.4. The zero-order valence-electron chi connectivity index (χ0n) is 21.1. The van der Waals surface area contributed by atoms with E-state index in [2.05, 4.69) is 10.6 Å². The summed E-state index contributed by atoms with van der Waals surface area (Å²) in [6, 6.07) is 10.4. The molecule has 9 nitrogen and oxygen atoms in total. The second kappa shape index (κ2) is 11.8. The van der Waals surface area contributed by atoms with E-state index in [0.717, 1.165) is 11.1 Å². The van der Waals surface area contributed by atoms with Crippen molar-refractivity contribution in [1.82, 2.24) is 9.88 Å². The van der Waals surface area contributed by atoms with Gasteiger partial charge in [0.1, 0.15) is 11.5 Å². The van der Waals surface area contributed by atoms with Crippen LogP contribution in [0.1, 0.15) is 47.3 Å². The summed E-state index contributed by atoms with van der Waals surface area (Å²) in [5.41, 5.74) is 2.13. The molecule has 0 radical (unpaired) electrons. The van der Waals surface area contributed by atoms with Gasteiger partial charge in [0.25, 0.3) is 5.56 Å². The molecule has 3 aromatic rings. The van der Waals surface area contributed by atoms with Crippen LogP contribution in [-0.4, -0.2) is 33.4 Å². The number of nitrogens with zero attached hydrogens (tertiary/aromatic N) is 1. The van der Waals surface area contributed by atoms with E-state index in [1.807, 2.05) is 26.0 Å². The van der Waals surface area contributed by atoms with Crippen molar-refractivity contribution in [3.8, 4) is 11.5 Å². The summed E-state index contributed by atoms with van der Waals surface area (Å²) in [5, 5.41) is 25.6. The number of urea groups is 1. The van der Waals surface area contributed by atoms with Gasteiger partial charge in [-0.1, -0.05) is 35.9 Å². The largest absolute Gasteiger partial charge is 0.505 e. The number of nitrogens with one attached hydrogen (secondary N) is 2. The molecule has 0 saturated heterocycles. The number of aliphatic carboxylic acids is 1. The van der Waals surface area contributed by atoms with Crippen LogP contribution in [0, 0.1) is 20.8 Å². The van der Waals surface area contributed by atoms with Crippen molar-refractivity contribution in [2.24, 2.45) is 0 Å². The zero-order chi connectivity index (χ0) is 27.3. The Morgan fingerprint density at radius 3 is 2.49 bits per heavy atom. The molecule has 0 aliphatic carbocycles. The van der Waals surface area contributed by atoms with Crippen molar-refractivity contribution in [2.75, 3.05) is 11.9 Å². The van der Waals surface area contributed by atoms with Crippen LogP contribution in [-0.2, 0) is 11.3 Å². The lowest BCUT2D eigenvalue weighted by Crippen LogP contribution is -2.36. The summed E-state index contributed by atoms with van der Waals surface area (Å²) in [7, 11) is 0. The molecule has 196 valence electrons. The first-order valence-electron chi connectivity index (χ1n) is 11.7. The monoisotopic (exact) mass is 527 g/mol. The van der Waals surface area contributed by atoms with Crippen molar-refractivity contribution in [3.05, 3.63) is 85.8 Å².